The summed E-state index contributed by atoms with van der Waals surface area (Å²) < 4.78 is 0. The number of pyridine rings is 2. The molecule has 42 heavy (non-hydrogen) atoms. The van der Waals surface area contributed by atoms with Gasteiger partial charge in [-0.05, 0) is 68.9 Å². The summed E-state index contributed by atoms with van der Waals surface area (Å²) in [5.41, 5.74) is 4.75. The Kier molecular flexibility index (Phi) is 8.41. The molecular formula is C33H38N8S. The molecule has 1 fully saturated rings. The number of fused-ring (bicyclic) bond motifs is 1. The monoisotopic (exact) mass is 578 g/mol. The van der Waals surface area contributed by atoms with E-state index in [2.05, 4.69) is 94.6 Å². The Labute approximate surface area is 252 Å². The fraction of sp³-hybridized carbons (Fsp3) is 0.333. The fourth-order valence-electron chi connectivity index (χ4n) is 5.55. The molecule has 4 aromatic heterocycles. The van der Waals surface area contributed by atoms with E-state index in [0.29, 0.717) is 0 Å². The zero-order valence-corrected chi connectivity index (χ0v) is 25.6. The van der Waals surface area contributed by atoms with Gasteiger partial charge in [-0.1, -0.05) is 30.3 Å². The lowest BCUT2D eigenvalue weighted by Gasteiger charge is -2.35. The van der Waals surface area contributed by atoms with Gasteiger partial charge in [0.2, 0.25) is 0 Å². The third-order valence-electron chi connectivity index (χ3n) is 7.68. The second-order valence-corrected chi connectivity index (χ2v) is 12.4. The van der Waals surface area contributed by atoms with Crippen LogP contribution in [-0.4, -0.2) is 70.0 Å². The number of aromatic nitrogens is 4. The van der Waals surface area contributed by atoms with Crippen molar-refractivity contribution < 1.29 is 0 Å². The lowest BCUT2D eigenvalue weighted by atomic mass is 10.1. The van der Waals surface area contributed by atoms with Crippen molar-refractivity contribution in [3.63, 3.8) is 0 Å². The first-order chi connectivity index (χ1) is 20.4. The number of nitrogens with zero attached hydrogens (tertiary/aromatic N) is 7. The van der Waals surface area contributed by atoms with Gasteiger partial charge in [-0.3, -0.25) is 9.88 Å². The van der Waals surface area contributed by atoms with Crippen LogP contribution in [0.3, 0.4) is 0 Å². The van der Waals surface area contributed by atoms with Crippen molar-refractivity contribution in [3.8, 4) is 10.4 Å². The molecule has 8 nitrogen and oxygen atoms in total. The lowest BCUT2D eigenvalue weighted by molar-refractivity contribution is 0.249. The number of anilines is 2. The molecule has 5 heterocycles. The number of rotatable bonds is 9. The molecule has 1 unspecified atom stereocenters. The van der Waals surface area contributed by atoms with Crippen LogP contribution >= 0.6 is 11.3 Å². The van der Waals surface area contributed by atoms with Crippen LogP contribution in [0.5, 0.6) is 0 Å². The lowest BCUT2D eigenvalue weighted by Crippen LogP contribution is -2.46. The Morgan fingerprint density at radius 1 is 0.976 bits per heavy atom. The second-order valence-electron chi connectivity index (χ2n) is 11.3. The summed E-state index contributed by atoms with van der Waals surface area (Å²) in [5, 5.41) is 4.71. The summed E-state index contributed by atoms with van der Waals surface area (Å²) in [5.74, 6) is 2.56. The minimum atomic E-state index is 0.0925. The van der Waals surface area contributed by atoms with E-state index in [1.54, 1.807) is 0 Å². The van der Waals surface area contributed by atoms with Gasteiger partial charge in [0.25, 0.3) is 0 Å². The molecule has 5 aromatic rings. The fourth-order valence-corrected chi connectivity index (χ4v) is 6.62. The normalized spacial score (nSPS) is 14.9. The predicted octanol–water partition coefficient (Wildman–Crippen LogP) is 6.01. The van der Waals surface area contributed by atoms with Gasteiger partial charge in [-0.25, -0.2) is 15.0 Å². The Morgan fingerprint density at radius 2 is 1.81 bits per heavy atom. The standard InChI is InChI=1S/C33H38N8S/c1-23(30-11-12-31(42-30)27-10-6-5-9-26(27)22-39(3)4)36-33-28-18-32(35-20-29(28)37-24(2)38-33)41-16-14-40(15-17-41)21-25-8-7-13-34-19-25/h5-13,18-20,23H,14-17,21-22H2,1-4H3,(H,36,37,38). The summed E-state index contributed by atoms with van der Waals surface area (Å²) >= 11 is 1.84. The number of piperazine rings is 1. The summed E-state index contributed by atoms with van der Waals surface area (Å²) in [6.45, 7) is 9.82. The third-order valence-corrected chi connectivity index (χ3v) is 8.98. The molecule has 216 valence electrons. The van der Waals surface area contributed by atoms with E-state index in [4.69, 9.17) is 15.0 Å². The molecule has 9 heteroatoms. The number of aryl methyl sites for hydroxylation is 1. The zero-order valence-electron chi connectivity index (χ0n) is 24.8. The number of nitrogens with one attached hydrogen (secondary N) is 1. The van der Waals surface area contributed by atoms with Crippen LogP contribution < -0.4 is 10.2 Å². The third kappa shape index (κ3) is 6.43. The Hall–Kier alpha value is -3.92. The van der Waals surface area contributed by atoms with E-state index < -0.39 is 0 Å². The van der Waals surface area contributed by atoms with Crippen LogP contribution in [0.15, 0.2) is 73.2 Å². The van der Waals surface area contributed by atoms with Gasteiger partial charge in [0.15, 0.2) is 0 Å². The van der Waals surface area contributed by atoms with Gasteiger partial charge in [-0.2, -0.15) is 0 Å². The molecule has 0 aliphatic carbocycles. The first kappa shape index (κ1) is 28.2. The van der Waals surface area contributed by atoms with E-state index in [0.717, 1.165) is 67.6 Å². The highest BCUT2D eigenvalue weighted by atomic mass is 32.1. The first-order valence-electron chi connectivity index (χ1n) is 14.5. The van der Waals surface area contributed by atoms with Gasteiger partial charge >= 0.3 is 0 Å². The van der Waals surface area contributed by atoms with Crippen LogP contribution in [0.1, 0.15) is 34.8 Å². The molecule has 0 spiro atoms. The molecule has 1 aliphatic rings. The van der Waals surface area contributed by atoms with E-state index >= 15 is 0 Å². The predicted molar refractivity (Wildman–Crippen MR) is 173 cm³/mol. The van der Waals surface area contributed by atoms with Crippen molar-refractivity contribution in [2.45, 2.75) is 33.0 Å². The van der Waals surface area contributed by atoms with Crippen molar-refractivity contribution in [3.05, 3.63) is 95.0 Å². The molecule has 1 saturated heterocycles. The maximum Gasteiger partial charge on any atom is 0.138 e. The van der Waals surface area contributed by atoms with Gasteiger partial charge < -0.3 is 15.1 Å². The van der Waals surface area contributed by atoms with E-state index in [1.807, 2.05) is 42.9 Å². The van der Waals surface area contributed by atoms with Gasteiger partial charge in [0.1, 0.15) is 17.5 Å². The summed E-state index contributed by atoms with van der Waals surface area (Å²) in [4.78, 5) is 28.2. The van der Waals surface area contributed by atoms with Crippen LogP contribution in [0.25, 0.3) is 21.3 Å². The van der Waals surface area contributed by atoms with E-state index in [-0.39, 0.29) is 6.04 Å². The molecule has 1 atom stereocenters. The number of thiophene rings is 1. The quantitative estimate of drug-likeness (QED) is 0.228. The van der Waals surface area contributed by atoms with Gasteiger partial charge in [0, 0.05) is 66.8 Å². The zero-order chi connectivity index (χ0) is 29.1. The number of hydrogen-bond donors (Lipinski definition) is 1. The summed E-state index contributed by atoms with van der Waals surface area (Å²) in [6.07, 6.45) is 5.67. The molecule has 0 radical (unpaired) electrons. The van der Waals surface area contributed by atoms with Gasteiger partial charge in [-0.15, -0.1) is 11.3 Å². The molecule has 0 amide bonds. The Bertz CT molecular complexity index is 1640. The topological polar surface area (TPSA) is 73.3 Å². The summed E-state index contributed by atoms with van der Waals surface area (Å²) in [6, 6.07) is 19.6. The highest BCUT2D eigenvalue weighted by molar-refractivity contribution is 7.15. The van der Waals surface area contributed by atoms with Crippen LogP contribution in [-0.2, 0) is 13.1 Å². The SMILES string of the molecule is Cc1nc(NC(C)c2ccc(-c3ccccc3CN(C)C)s2)c2cc(N3CCN(Cc4cccnc4)CC3)ncc2n1. The first-order valence-corrected chi connectivity index (χ1v) is 15.3. The van der Waals surface area contributed by atoms with Crippen molar-refractivity contribution in [2.75, 3.05) is 50.5 Å². The van der Waals surface area contributed by atoms with Gasteiger partial charge in [0.05, 0.1) is 17.8 Å². The Morgan fingerprint density at radius 3 is 2.60 bits per heavy atom. The van der Waals surface area contributed by atoms with E-state index in [9.17, 15) is 0 Å². The largest absolute Gasteiger partial charge is 0.362 e. The molecule has 1 aliphatic heterocycles. The molecule has 0 bridgehead atoms. The minimum absolute atomic E-state index is 0.0925. The van der Waals surface area contributed by atoms with Crippen LogP contribution in [0.4, 0.5) is 11.6 Å². The second kappa shape index (κ2) is 12.5. The average Bonchev–Trinajstić information content (AvgIpc) is 3.48. The van der Waals surface area contributed by atoms with Crippen molar-refractivity contribution in [1.29, 1.82) is 0 Å². The molecule has 1 N–H and O–H groups in total. The highest BCUT2D eigenvalue weighted by Gasteiger charge is 2.20. The number of benzene rings is 1. The maximum absolute atomic E-state index is 4.84. The Balaban J connectivity index is 1.19. The highest BCUT2D eigenvalue weighted by Crippen LogP contribution is 2.35. The summed E-state index contributed by atoms with van der Waals surface area (Å²) in [7, 11) is 4.23. The van der Waals surface area contributed by atoms with E-state index in [1.165, 1.54) is 26.4 Å². The van der Waals surface area contributed by atoms with Crippen LogP contribution in [0, 0.1) is 6.92 Å². The molecule has 6 rings (SSSR count). The molecule has 1 aromatic carbocycles. The van der Waals surface area contributed by atoms with Crippen molar-refractivity contribution >= 4 is 33.9 Å². The smallest absolute Gasteiger partial charge is 0.138 e. The van der Waals surface area contributed by atoms with Crippen molar-refractivity contribution in [2.24, 2.45) is 0 Å². The molecular weight excluding hydrogens is 540 g/mol. The minimum Gasteiger partial charge on any atom is -0.362 e. The number of hydrogen-bond acceptors (Lipinski definition) is 9. The van der Waals surface area contributed by atoms with Crippen molar-refractivity contribution in [1.82, 2.24) is 29.7 Å². The average molecular weight is 579 g/mol. The molecule has 0 saturated carbocycles. The maximum atomic E-state index is 4.84. The van der Waals surface area contributed by atoms with Crippen LogP contribution in [0.2, 0.25) is 0 Å².